The topological polar surface area (TPSA) is 98.6 Å². The normalized spacial score (nSPS) is 11.2. The maximum atomic E-state index is 12.0. The zero-order valence-corrected chi connectivity index (χ0v) is 11.3. The summed E-state index contributed by atoms with van der Waals surface area (Å²) in [6, 6.07) is 3.36. The van der Waals surface area contributed by atoms with Gasteiger partial charge in [-0.05, 0) is 25.5 Å². The molecule has 8 heteroatoms. The van der Waals surface area contributed by atoms with E-state index in [1.807, 2.05) is 13.0 Å². The highest BCUT2D eigenvalue weighted by atomic mass is 32.2. The van der Waals surface area contributed by atoms with E-state index in [-0.39, 0.29) is 5.03 Å². The Bertz CT molecular complexity index is 708. The smallest absolute Gasteiger partial charge is 0.268 e. The van der Waals surface area contributed by atoms with Gasteiger partial charge >= 0.3 is 0 Å². The lowest BCUT2D eigenvalue weighted by Crippen LogP contribution is -2.13. The van der Waals surface area contributed by atoms with Crippen molar-refractivity contribution < 1.29 is 8.42 Å². The van der Waals surface area contributed by atoms with E-state index in [4.69, 9.17) is 5.26 Å². The molecule has 0 aliphatic rings. The first kappa shape index (κ1) is 12.6. The van der Waals surface area contributed by atoms with Crippen LogP contribution in [0.3, 0.4) is 0 Å². The van der Waals surface area contributed by atoms with Gasteiger partial charge in [-0.15, -0.1) is 11.3 Å². The lowest BCUT2D eigenvalue weighted by atomic mass is 10.2. The number of aromatic nitrogens is 2. The number of nitriles is 1. The Hall–Kier alpha value is -1.85. The van der Waals surface area contributed by atoms with Crippen molar-refractivity contribution in [2.45, 2.75) is 18.9 Å². The Morgan fingerprint density at radius 2 is 2.22 bits per heavy atom. The minimum atomic E-state index is -3.71. The molecule has 0 aromatic carbocycles. The number of anilines is 1. The molecule has 6 nitrogen and oxygen atoms in total. The van der Waals surface area contributed by atoms with Crippen LogP contribution in [0.1, 0.15) is 16.0 Å². The van der Waals surface area contributed by atoms with Gasteiger partial charge in [0.2, 0.25) is 0 Å². The maximum Gasteiger partial charge on any atom is 0.279 e. The van der Waals surface area contributed by atoms with Gasteiger partial charge < -0.3 is 0 Å². The number of hydrogen-bond donors (Lipinski definition) is 2. The molecule has 2 N–H and O–H groups in total. The third-order valence-electron chi connectivity index (χ3n) is 2.49. The summed E-state index contributed by atoms with van der Waals surface area (Å²) in [5.41, 5.74) is 1.16. The lowest BCUT2D eigenvalue weighted by molar-refractivity contribution is 0.597. The molecule has 0 aliphatic heterocycles. The fraction of sp³-hybridized carbons (Fsp3) is 0.200. The van der Waals surface area contributed by atoms with Crippen molar-refractivity contribution in [3.63, 3.8) is 0 Å². The molecule has 0 amide bonds. The van der Waals surface area contributed by atoms with Crippen LogP contribution in [0, 0.1) is 25.2 Å². The average Bonchev–Trinajstić information content (AvgIpc) is 2.89. The fourth-order valence-corrected chi connectivity index (χ4v) is 3.63. The Balaban J connectivity index is 2.42. The van der Waals surface area contributed by atoms with Gasteiger partial charge in [-0.2, -0.15) is 18.8 Å². The van der Waals surface area contributed by atoms with Crippen LogP contribution >= 0.6 is 11.3 Å². The van der Waals surface area contributed by atoms with E-state index in [1.54, 1.807) is 6.92 Å². The molecule has 0 aliphatic carbocycles. The van der Waals surface area contributed by atoms with Crippen LogP contribution in [0.15, 0.2) is 17.3 Å². The molecule has 0 bridgehead atoms. The summed E-state index contributed by atoms with van der Waals surface area (Å²) in [5, 5.41) is 15.3. The molecule has 0 radical (unpaired) electrons. The van der Waals surface area contributed by atoms with Gasteiger partial charge in [-0.25, -0.2) is 0 Å². The van der Waals surface area contributed by atoms with Crippen LogP contribution in [0.5, 0.6) is 0 Å². The van der Waals surface area contributed by atoms with Gasteiger partial charge in [0.25, 0.3) is 10.0 Å². The number of H-pyrrole nitrogens is 1. The molecule has 0 spiro atoms. The molecular weight excluding hydrogens is 272 g/mol. The Morgan fingerprint density at radius 1 is 1.50 bits per heavy atom. The zero-order chi connectivity index (χ0) is 13.3. The predicted octanol–water partition coefficient (Wildman–Crippen LogP) is 1.76. The van der Waals surface area contributed by atoms with E-state index in [0.29, 0.717) is 10.6 Å². The van der Waals surface area contributed by atoms with Crippen molar-refractivity contribution in [3.8, 4) is 6.07 Å². The van der Waals surface area contributed by atoms with Crippen LogP contribution < -0.4 is 4.72 Å². The number of nitrogens with zero attached hydrogens (tertiary/aromatic N) is 2. The van der Waals surface area contributed by atoms with Gasteiger partial charge in [0.15, 0.2) is 5.03 Å². The summed E-state index contributed by atoms with van der Waals surface area (Å²) < 4.78 is 26.3. The van der Waals surface area contributed by atoms with Crippen LogP contribution in [0.2, 0.25) is 0 Å². The van der Waals surface area contributed by atoms with Crippen molar-refractivity contribution in [1.82, 2.24) is 10.2 Å². The highest BCUT2D eigenvalue weighted by molar-refractivity contribution is 7.92. The van der Waals surface area contributed by atoms with Crippen molar-refractivity contribution in [1.29, 1.82) is 5.26 Å². The summed E-state index contributed by atoms with van der Waals surface area (Å²) in [7, 11) is -3.71. The predicted molar refractivity (Wildman–Crippen MR) is 67.9 cm³/mol. The van der Waals surface area contributed by atoms with Gasteiger partial charge in [0.1, 0.15) is 11.1 Å². The molecule has 94 valence electrons. The van der Waals surface area contributed by atoms with Crippen molar-refractivity contribution in [3.05, 3.63) is 28.3 Å². The average molecular weight is 282 g/mol. The summed E-state index contributed by atoms with van der Waals surface area (Å²) in [6.45, 7) is 3.63. The van der Waals surface area contributed by atoms with Crippen LogP contribution in [0.4, 0.5) is 5.00 Å². The van der Waals surface area contributed by atoms with E-state index < -0.39 is 10.0 Å². The van der Waals surface area contributed by atoms with Crippen LogP contribution in [-0.4, -0.2) is 18.6 Å². The number of nitrogens with one attached hydrogen (secondary N) is 2. The largest absolute Gasteiger partial charge is 0.279 e. The molecule has 2 heterocycles. The number of rotatable bonds is 3. The second-order valence-corrected chi connectivity index (χ2v) is 6.50. The highest BCUT2D eigenvalue weighted by Gasteiger charge is 2.20. The van der Waals surface area contributed by atoms with E-state index >= 15 is 0 Å². The van der Waals surface area contributed by atoms with E-state index in [9.17, 15) is 8.42 Å². The summed E-state index contributed by atoms with van der Waals surface area (Å²) in [4.78, 5) is 0.911. The van der Waals surface area contributed by atoms with Gasteiger partial charge in [-0.3, -0.25) is 9.82 Å². The minimum Gasteiger partial charge on any atom is -0.268 e. The van der Waals surface area contributed by atoms with Crippen molar-refractivity contribution in [2.24, 2.45) is 0 Å². The second-order valence-electron chi connectivity index (χ2n) is 3.63. The fourth-order valence-electron chi connectivity index (χ4n) is 1.40. The molecule has 2 aromatic heterocycles. The van der Waals surface area contributed by atoms with Gasteiger partial charge in [0, 0.05) is 4.88 Å². The number of hydrogen-bond acceptors (Lipinski definition) is 5. The Labute approximate surface area is 108 Å². The molecule has 0 fully saturated rings. The number of sulfonamides is 1. The number of aryl methyl sites for hydroxylation is 1. The molecule has 2 rings (SSSR count). The first-order chi connectivity index (χ1) is 8.45. The molecule has 0 unspecified atom stereocenters. The molecule has 0 saturated carbocycles. The van der Waals surface area contributed by atoms with E-state index in [1.165, 1.54) is 23.6 Å². The minimum absolute atomic E-state index is 0.0323. The number of aromatic amines is 1. The molecule has 0 atom stereocenters. The summed E-state index contributed by atoms with van der Waals surface area (Å²) in [5.74, 6) is 0. The first-order valence-corrected chi connectivity index (χ1v) is 7.28. The first-order valence-electron chi connectivity index (χ1n) is 4.98. The van der Waals surface area contributed by atoms with Gasteiger partial charge in [-0.1, -0.05) is 0 Å². The second kappa shape index (κ2) is 4.44. The van der Waals surface area contributed by atoms with E-state index in [0.717, 1.165) is 10.4 Å². The quantitative estimate of drug-likeness (QED) is 0.896. The molecular formula is C10H10N4O2S2. The monoisotopic (exact) mass is 282 g/mol. The van der Waals surface area contributed by atoms with Crippen molar-refractivity contribution in [2.75, 3.05) is 4.72 Å². The molecule has 0 saturated heterocycles. The van der Waals surface area contributed by atoms with Crippen molar-refractivity contribution >= 4 is 26.4 Å². The van der Waals surface area contributed by atoms with Gasteiger partial charge in [0.05, 0.1) is 11.8 Å². The third-order valence-corrected chi connectivity index (χ3v) is 5.02. The van der Waals surface area contributed by atoms with Crippen LogP contribution in [0.25, 0.3) is 0 Å². The molecule has 18 heavy (non-hydrogen) atoms. The standard InChI is InChI=1S/C10H10N4O2S2/c1-6-7(2)17-10(8(6)5-11)14-18(15,16)9-3-4-12-13-9/h3-4,14H,1-2H3,(H,12,13). The zero-order valence-electron chi connectivity index (χ0n) is 9.68. The summed E-state index contributed by atoms with van der Waals surface area (Å²) >= 11 is 1.24. The molecule has 2 aromatic rings. The lowest BCUT2D eigenvalue weighted by Gasteiger charge is -2.03. The number of thiophene rings is 1. The third kappa shape index (κ3) is 2.10. The van der Waals surface area contributed by atoms with Crippen LogP contribution in [-0.2, 0) is 10.0 Å². The van der Waals surface area contributed by atoms with E-state index in [2.05, 4.69) is 14.9 Å². The Kier molecular flexibility index (Phi) is 3.11. The highest BCUT2D eigenvalue weighted by Crippen LogP contribution is 2.32. The maximum absolute atomic E-state index is 12.0. The SMILES string of the molecule is Cc1sc(NS(=O)(=O)c2ccn[nH]2)c(C#N)c1C. The summed E-state index contributed by atoms with van der Waals surface area (Å²) in [6.07, 6.45) is 1.35. The Morgan fingerprint density at radius 3 is 2.78 bits per heavy atom.